The predicted octanol–water partition coefficient (Wildman–Crippen LogP) is 1.60. The summed E-state index contributed by atoms with van der Waals surface area (Å²) in [6.07, 6.45) is 6.98. The predicted molar refractivity (Wildman–Crippen MR) is 109 cm³/mol. The van der Waals surface area contributed by atoms with Gasteiger partial charge in [0.15, 0.2) is 0 Å². The van der Waals surface area contributed by atoms with Crippen molar-refractivity contribution >= 4 is 22.7 Å². The van der Waals surface area contributed by atoms with Gasteiger partial charge >= 0.3 is 0 Å². The minimum atomic E-state index is -0.403. The summed E-state index contributed by atoms with van der Waals surface area (Å²) in [6, 6.07) is 8.05. The van der Waals surface area contributed by atoms with Crippen LogP contribution in [0, 0.1) is 0 Å². The molecule has 2 amide bonds. The average Bonchev–Trinajstić information content (AvgIpc) is 3.20. The highest BCUT2D eigenvalue weighted by atomic mass is 16.2. The Morgan fingerprint density at radius 1 is 1.28 bits per heavy atom. The number of amides is 2. The Morgan fingerprint density at radius 2 is 2.17 bits per heavy atom. The van der Waals surface area contributed by atoms with Gasteiger partial charge in [-0.1, -0.05) is 6.07 Å². The van der Waals surface area contributed by atoms with Gasteiger partial charge in [0.25, 0.3) is 5.91 Å². The number of hydrogen-bond acceptors (Lipinski definition) is 4. The van der Waals surface area contributed by atoms with Gasteiger partial charge in [0.1, 0.15) is 5.56 Å². The molecule has 1 saturated heterocycles. The molecule has 2 aromatic heterocycles. The first-order valence-corrected chi connectivity index (χ1v) is 9.78. The number of nitrogens with zero attached hydrogens (tertiary/aromatic N) is 2. The Hall–Kier alpha value is -3.42. The van der Waals surface area contributed by atoms with E-state index in [9.17, 15) is 14.4 Å². The van der Waals surface area contributed by atoms with Crippen molar-refractivity contribution in [2.45, 2.75) is 31.7 Å². The molecule has 1 atom stereocenters. The van der Waals surface area contributed by atoms with Crippen molar-refractivity contribution < 1.29 is 9.59 Å². The molecule has 0 bridgehead atoms. The standard InChI is InChI=1S/C21H23N5O3/c27-19-12-24-23-11-17(19)21(29)26-9-1-2-16(13-26)25-20(28)6-4-14-3-5-18-15(10-14)7-8-22-18/h3,5,7-8,10-12,16,22H,1-2,4,6,9,13H2,(H,23,27)(H,25,28). The molecule has 0 radical (unpaired) electrons. The fraction of sp³-hybridized carbons (Fsp3) is 0.333. The Balaban J connectivity index is 1.31. The van der Waals surface area contributed by atoms with Crippen LogP contribution in [-0.2, 0) is 11.2 Å². The summed E-state index contributed by atoms with van der Waals surface area (Å²) >= 11 is 0. The molecule has 1 aromatic carbocycles. The maximum atomic E-state index is 12.6. The Morgan fingerprint density at radius 3 is 3.03 bits per heavy atom. The summed E-state index contributed by atoms with van der Waals surface area (Å²) in [5, 5.41) is 10.3. The van der Waals surface area contributed by atoms with Crippen molar-refractivity contribution in [3.63, 3.8) is 0 Å². The van der Waals surface area contributed by atoms with Crippen LogP contribution >= 0.6 is 0 Å². The number of H-pyrrole nitrogens is 2. The molecule has 1 fully saturated rings. The van der Waals surface area contributed by atoms with Crippen molar-refractivity contribution in [3.8, 4) is 0 Å². The molecule has 150 valence electrons. The van der Waals surface area contributed by atoms with E-state index in [2.05, 4.69) is 26.6 Å². The average molecular weight is 393 g/mol. The van der Waals surface area contributed by atoms with Crippen LogP contribution in [0.5, 0.6) is 0 Å². The molecule has 8 heteroatoms. The molecule has 0 aliphatic carbocycles. The minimum Gasteiger partial charge on any atom is -0.361 e. The van der Waals surface area contributed by atoms with Crippen LogP contribution in [0.2, 0.25) is 0 Å². The smallest absolute Gasteiger partial charge is 0.259 e. The summed E-state index contributed by atoms with van der Waals surface area (Å²) in [6.45, 7) is 0.977. The molecule has 0 spiro atoms. The first kappa shape index (κ1) is 18.9. The molecular formula is C21H23N5O3. The maximum Gasteiger partial charge on any atom is 0.259 e. The number of aromatic amines is 2. The summed E-state index contributed by atoms with van der Waals surface area (Å²) in [5.41, 5.74) is 1.87. The summed E-state index contributed by atoms with van der Waals surface area (Å²) in [7, 11) is 0. The Kier molecular flexibility index (Phi) is 5.41. The molecular weight excluding hydrogens is 370 g/mol. The van der Waals surface area contributed by atoms with Gasteiger partial charge in [-0.25, -0.2) is 0 Å². The third-order valence-electron chi connectivity index (χ3n) is 5.29. The van der Waals surface area contributed by atoms with Crippen LogP contribution in [0.4, 0.5) is 0 Å². The quantitative estimate of drug-likeness (QED) is 0.611. The number of carbonyl (C=O) groups excluding carboxylic acids is 2. The van der Waals surface area contributed by atoms with Gasteiger partial charge in [0, 0.05) is 43.5 Å². The number of nitrogens with one attached hydrogen (secondary N) is 3. The van der Waals surface area contributed by atoms with Crippen molar-refractivity contribution in [3.05, 3.63) is 64.2 Å². The van der Waals surface area contributed by atoms with Crippen molar-refractivity contribution in [2.75, 3.05) is 13.1 Å². The second kappa shape index (κ2) is 8.30. The van der Waals surface area contributed by atoms with Gasteiger partial charge in [0.2, 0.25) is 11.3 Å². The SMILES string of the molecule is O=C(CCc1ccc2[nH]ccc2c1)NC1CCCN(C(=O)c2c[nH]ncc2=O)C1. The van der Waals surface area contributed by atoms with Gasteiger partial charge in [-0.2, -0.15) is 5.10 Å². The molecule has 1 aliphatic rings. The number of benzene rings is 1. The van der Waals surface area contributed by atoms with Crippen LogP contribution in [-0.4, -0.2) is 51.0 Å². The molecule has 3 heterocycles. The minimum absolute atomic E-state index is 0.0276. The lowest BCUT2D eigenvalue weighted by molar-refractivity contribution is -0.122. The Bertz CT molecular complexity index is 1090. The highest BCUT2D eigenvalue weighted by Gasteiger charge is 2.26. The molecule has 8 nitrogen and oxygen atoms in total. The van der Waals surface area contributed by atoms with Crippen molar-refractivity contribution in [1.29, 1.82) is 0 Å². The Labute approximate surface area is 167 Å². The van der Waals surface area contributed by atoms with Gasteiger partial charge in [-0.05, 0) is 48.4 Å². The van der Waals surface area contributed by atoms with Gasteiger partial charge in [0.05, 0.1) is 6.20 Å². The van der Waals surface area contributed by atoms with Crippen molar-refractivity contribution in [2.24, 2.45) is 0 Å². The van der Waals surface area contributed by atoms with E-state index in [1.54, 1.807) is 4.90 Å². The summed E-state index contributed by atoms with van der Waals surface area (Å²) in [4.78, 5) is 41.7. The summed E-state index contributed by atoms with van der Waals surface area (Å²) < 4.78 is 0. The van der Waals surface area contributed by atoms with Crippen LogP contribution < -0.4 is 10.7 Å². The van der Waals surface area contributed by atoms with Crippen LogP contribution in [0.1, 0.15) is 35.2 Å². The van der Waals surface area contributed by atoms with Gasteiger partial charge in [-0.3, -0.25) is 19.5 Å². The molecule has 3 aromatic rings. The fourth-order valence-electron chi connectivity index (χ4n) is 3.77. The number of rotatable bonds is 5. The van der Waals surface area contributed by atoms with E-state index in [0.29, 0.717) is 25.9 Å². The van der Waals surface area contributed by atoms with Crippen LogP contribution in [0.3, 0.4) is 0 Å². The largest absolute Gasteiger partial charge is 0.361 e. The molecule has 0 saturated carbocycles. The first-order valence-electron chi connectivity index (χ1n) is 9.78. The first-order chi connectivity index (χ1) is 14.1. The summed E-state index contributed by atoms with van der Waals surface area (Å²) in [5.74, 6) is -0.354. The van der Waals surface area contributed by atoms with E-state index < -0.39 is 5.43 Å². The number of fused-ring (bicyclic) bond motifs is 1. The molecule has 29 heavy (non-hydrogen) atoms. The number of aromatic nitrogens is 3. The number of aryl methyl sites for hydroxylation is 1. The zero-order chi connectivity index (χ0) is 20.2. The van der Waals surface area contributed by atoms with E-state index in [1.165, 1.54) is 6.20 Å². The van der Waals surface area contributed by atoms with Gasteiger partial charge in [-0.15, -0.1) is 0 Å². The zero-order valence-electron chi connectivity index (χ0n) is 16.0. The number of piperidine rings is 1. The highest BCUT2D eigenvalue weighted by molar-refractivity contribution is 5.93. The lowest BCUT2D eigenvalue weighted by Gasteiger charge is -2.33. The van der Waals surface area contributed by atoms with E-state index in [-0.39, 0.29) is 23.4 Å². The number of hydrogen-bond donors (Lipinski definition) is 3. The van der Waals surface area contributed by atoms with E-state index >= 15 is 0 Å². The highest BCUT2D eigenvalue weighted by Crippen LogP contribution is 2.16. The maximum absolute atomic E-state index is 12.6. The monoisotopic (exact) mass is 393 g/mol. The second-order valence-corrected chi connectivity index (χ2v) is 7.37. The second-order valence-electron chi connectivity index (χ2n) is 7.37. The molecule has 1 unspecified atom stereocenters. The lowest BCUT2D eigenvalue weighted by atomic mass is 10.0. The molecule has 3 N–H and O–H groups in total. The fourth-order valence-corrected chi connectivity index (χ4v) is 3.77. The van der Waals surface area contributed by atoms with Crippen LogP contribution in [0.25, 0.3) is 10.9 Å². The third kappa shape index (κ3) is 4.37. The van der Waals surface area contributed by atoms with Crippen LogP contribution in [0.15, 0.2) is 47.7 Å². The van der Waals surface area contributed by atoms with Gasteiger partial charge < -0.3 is 15.2 Å². The number of carbonyl (C=O) groups is 2. The normalized spacial score (nSPS) is 16.7. The zero-order valence-corrected chi connectivity index (χ0v) is 16.0. The number of likely N-dealkylation sites (tertiary alicyclic amines) is 1. The lowest BCUT2D eigenvalue weighted by Crippen LogP contribution is -2.50. The van der Waals surface area contributed by atoms with E-state index in [0.717, 1.165) is 35.5 Å². The third-order valence-corrected chi connectivity index (χ3v) is 5.29. The molecule has 1 aliphatic heterocycles. The topological polar surface area (TPSA) is 111 Å². The van der Waals surface area contributed by atoms with E-state index in [4.69, 9.17) is 0 Å². The van der Waals surface area contributed by atoms with Crippen molar-refractivity contribution in [1.82, 2.24) is 25.4 Å². The molecule has 4 rings (SSSR count). The van der Waals surface area contributed by atoms with E-state index in [1.807, 2.05) is 24.4 Å².